The van der Waals surface area contributed by atoms with E-state index < -0.39 is 73.2 Å². The third-order valence-electron chi connectivity index (χ3n) is 14.6. The lowest BCUT2D eigenvalue weighted by molar-refractivity contribution is -0.305. The molecule has 6 fully saturated rings. The number of aryl methyl sites for hydroxylation is 2. The van der Waals surface area contributed by atoms with Gasteiger partial charge in [-0.05, 0) is 87.8 Å². The maximum absolute atomic E-state index is 12.3. The minimum Gasteiger partial charge on any atom is -0.493 e. The Kier molecular flexibility index (Phi) is 19.4. The zero-order valence-electron chi connectivity index (χ0n) is 43.9. The Morgan fingerprint density at radius 1 is 0.694 bits per heavy atom. The van der Waals surface area contributed by atoms with E-state index in [0.29, 0.717) is 39.5 Å². The first-order chi connectivity index (χ1) is 33.4. The standard InChI is InChI=1S/C20H30O6.C19H26O6.C12H19NO6.2B/c1-7-12-10-14(13-8-9-25-15(13)11(12)2)16-17(21-3)18(22-4)19(23-5)20(24-6)26-16;1-5-10-8-12(11-6-7-22-15(11)9(10)2)13(20)16-14(21)17-18(23-16)25-19(3,4)24-17;1-12(2)18-9-7(14)8(17-11(9)19-12)10(15)13-3-5-16-6-4-13;;/h10,16-20H,7-9H2,1-6H3;8,13-14,16-18,20-21H,5-7H2,1-4H3;7-9,11,14H,3-6H2,1-2H3;;/t16?,17-,18+,19-,20?;13-,14+,16-,17-,18-;7-,8-,9+,11+;;/m001../s1. The van der Waals surface area contributed by atoms with Gasteiger partial charge in [0.1, 0.15) is 72.5 Å². The van der Waals surface area contributed by atoms with Gasteiger partial charge >= 0.3 is 0 Å². The van der Waals surface area contributed by atoms with Gasteiger partial charge in [-0.2, -0.15) is 0 Å². The lowest BCUT2D eigenvalue weighted by Crippen LogP contribution is -2.57. The summed E-state index contributed by atoms with van der Waals surface area (Å²) in [5, 5.41) is 31.8. The zero-order valence-corrected chi connectivity index (χ0v) is 43.9. The van der Waals surface area contributed by atoms with Crippen LogP contribution in [0.2, 0.25) is 0 Å². The van der Waals surface area contributed by atoms with Gasteiger partial charge < -0.3 is 86.5 Å². The van der Waals surface area contributed by atoms with Crippen LogP contribution in [0.25, 0.3) is 0 Å². The monoisotopic (exact) mass is 1010 g/mol. The van der Waals surface area contributed by atoms with Crippen LogP contribution in [0.1, 0.15) is 98.3 Å². The summed E-state index contributed by atoms with van der Waals surface area (Å²) in [6, 6.07) is 4.25. The van der Waals surface area contributed by atoms with E-state index in [-0.39, 0.29) is 47.1 Å². The second-order valence-electron chi connectivity index (χ2n) is 19.7. The van der Waals surface area contributed by atoms with E-state index in [1.165, 1.54) is 16.7 Å². The molecule has 3 N–H and O–H groups in total. The number of aliphatic hydroxyl groups is 3. The maximum Gasteiger partial charge on any atom is 0.254 e. The third-order valence-corrected chi connectivity index (χ3v) is 14.6. The number of hydrogen-bond donors (Lipinski definition) is 3. The number of carbonyl (C=O) groups excluding carboxylic acids is 1. The molecule has 21 heteroatoms. The minimum absolute atomic E-state index is 0. The molecule has 0 bridgehead atoms. The van der Waals surface area contributed by atoms with E-state index in [9.17, 15) is 20.1 Å². The fourth-order valence-electron chi connectivity index (χ4n) is 11.1. The molecular weight excluding hydrogens is 936 g/mol. The van der Waals surface area contributed by atoms with Crippen LogP contribution >= 0.6 is 0 Å². The predicted octanol–water partition coefficient (Wildman–Crippen LogP) is 2.67. The van der Waals surface area contributed by atoms with Gasteiger partial charge in [0, 0.05) is 82.3 Å². The highest BCUT2D eigenvalue weighted by Crippen LogP contribution is 2.46. The van der Waals surface area contributed by atoms with Crippen molar-refractivity contribution < 1.29 is 86.4 Å². The molecule has 6 saturated heterocycles. The molecule has 1 amide bonds. The van der Waals surface area contributed by atoms with Gasteiger partial charge in [0.2, 0.25) is 0 Å². The molecule has 2 aromatic rings. The van der Waals surface area contributed by atoms with Gasteiger partial charge in [-0.1, -0.05) is 26.0 Å². The first-order valence-corrected chi connectivity index (χ1v) is 24.7. The number of methoxy groups -OCH3 is 4. The van der Waals surface area contributed by atoms with Gasteiger partial charge in [-0.25, -0.2) is 0 Å². The van der Waals surface area contributed by atoms with Gasteiger partial charge in [0.15, 0.2) is 36.5 Å². The van der Waals surface area contributed by atoms with Crippen LogP contribution in [0.5, 0.6) is 11.5 Å². The molecule has 8 aliphatic heterocycles. The fourth-order valence-corrected chi connectivity index (χ4v) is 11.1. The summed E-state index contributed by atoms with van der Waals surface area (Å²) >= 11 is 0. The van der Waals surface area contributed by atoms with Gasteiger partial charge in [0.05, 0.1) is 26.4 Å². The molecule has 8 aliphatic rings. The maximum atomic E-state index is 12.3. The summed E-state index contributed by atoms with van der Waals surface area (Å²) in [5.74, 6) is 0.0589. The van der Waals surface area contributed by atoms with E-state index in [0.717, 1.165) is 65.0 Å². The Labute approximate surface area is 427 Å². The molecule has 14 atom stereocenters. The molecule has 0 aliphatic carbocycles. The first kappa shape index (κ1) is 58.3. The van der Waals surface area contributed by atoms with Crippen molar-refractivity contribution in [1.29, 1.82) is 0 Å². The topological polar surface area (TPSA) is 210 Å². The van der Waals surface area contributed by atoms with E-state index in [4.69, 9.17) is 66.3 Å². The van der Waals surface area contributed by atoms with Crippen LogP contribution in [0.15, 0.2) is 12.1 Å². The van der Waals surface area contributed by atoms with Crippen molar-refractivity contribution in [1.82, 2.24) is 4.90 Å². The molecule has 72 heavy (non-hydrogen) atoms. The van der Waals surface area contributed by atoms with Gasteiger partial charge in [0.25, 0.3) is 5.91 Å². The molecule has 0 spiro atoms. The van der Waals surface area contributed by atoms with Crippen molar-refractivity contribution in [3.63, 3.8) is 0 Å². The highest BCUT2D eigenvalue weighted by molar-refractivity contribution is 5.82. The quantitative estimate of drug-likeness (QED) is 0.292. The number of carbonyl (C=O) groups is 1. The third kappa shape index (κ3) is 11.3. The van der Waals surface area contributed by atoms with E-state index >= 15 is 0 Å². The van der Waals surface area contributed by atoms with E-state index in [2.05, 4.69) is 26.8 Å². The molecule has 398 valence electrons. The van der Waals surface area contributed by atoms with Crippen molar-refractivity contribution in [3.8, 4) is 11.5 Å². The molecule has 10 rings (SSSR count). The zero-order chi connectivity index (χ0) is 50.4. The molecular formula is C51H75B2NO18. The summed E-state index contributed by atoms with van der Waals surface area (Å²) in [6.07, 6.45) is -5.59. The number of benzene rings is 2. The first-order valence-electron chi connectivity index (χ1n) is 24.7. The number of nitrogens with zero attached hydrogens (tertiary/aromatic N) is 1. The Morgan fingerprint density at radius 3 is 1.75 bits per heavy atom. The van der Waals surface area contributed by atoms with Crippen molar-refractivity contribution in [2.24, 2.45) is 0 Å². The second kappa shape index (κ2) is 23.9. The molecule has 19 nitrogen and oxygen atoms in total. The molecule has 6 radical (unpaired) electrons. The number of ether oxygens (including phenoxy) is 14. The Morgan fingerprint density at radius 2 is 1.22 bits per heavy atom. The lowest BCUT2D eigenvalue weighted by Gasteiger charge is -2.44. The van der Waals surface area contributed by atoms with Crippen molar-refractivity contribution in [3.05, 3.63) is 56.6 Å². The summed E-state index contributed by atoms with van der Waals surface area (Å²) in [7, 11) is 6.59. The molecule has 2 unspecified atom stereocenters. The summed E-state index contributed by atoms with van der Waals surface area (Å²) < 4.78 is 79.8. The summed E-state index contributed by atoms with van der Waals surface area (Å²) in [5.41, 5.74) is 8.83. The lowest BCUT2D eigenvalue weighted by atomic mass is 9.87. The minimum atomic E-state index is -0.998. The average Bonchev–Trinajstić information content (AvgIpc) is 4.22. The van der Waals surface area contributed by atoms with Crippen LogP contribution in [-0.2, 0) is 87.3 Å². The second-order valence-corrected chi connectivity index (χ2v) is 19.7. The summed E-state index contributed by atoms with van der Waals surface area (Å²) in [6.45, 7) is 18.9. The fraction of sp³-hybridized carbons (Fsp3) is 0.745. The highest BCUT2D eigenvalue weighted by atomic mass is 16.8. The van der Waals surface area contributed by atoms with Crippen LogP contribution < -0.4 is 9.47 Å². The Balaban J connectivity index is 0.000000176. The molecule has 8 heterocycles. The number of rotatable bonds is 10. The Hall–Kier alpha value is -2.96. The van der Waals surface area contributed by atoms with Crippen LogP contribution in [0.3, 0.4) is 0 Å². The SMILES string of the molecule is CC1(C)O[C@@H]2O[C@@H](C(=O)N3CCOCC3)[C@@H](O)[C@@H]2O1.CCc1cc(C2OC(OC)[C@@H](OC)[C@H](OC)[C@H]2OC)c2c(c1C)OCC2.CCc1cc([C@H](O)[C@@H]2O[C@H]3OC(C)(C)O[C@H]3[C@@H]2O)c2c(c1C)OCC2.[B].[B]. The van der Waals surface area contributed by atoms with Gasteiger partial charge in [-0.3, -0.25) is 4.79 Å². The smallest absolute Gasteiger partial charge is 0.254 e. The Bertz CT molecular complexity index is 2160. The number of morpholine rings is 1. The molecule has 0 saturated carbocycles. The van der Waals surface area contributed by atoms with Crippen LogP contribution in [0.4, 0.5) is 0 Å². The van der Waals surface area contributed by atoms with E-state index in [1.54, 1.807) is 61.0 Å². The highest BCUT2D eigenvalue weighted by Gasteiger charge is 2.58. The number of amides is 1. The number of fused-ring (bicyclic) bond motifs is 4. The normalized spacial score (nSPS) is 33.8. The number of hydrogen-bond acceptors (Lipinski definition) is 18. The summed E-state index contributed by atoms with van der Waals surface area (Å²) in [4.78, 5) is 13.9. The van der Waals surface area contributed by atoms with E-state index in [1.807, 2.05) is 13.0 Å². The van der Waals surface area contributed by atoms with Crippen molar-refractivity contribution in [2.75, 3.05) is 68.0 Å². The van der Waals surface area contributed by atoms with Crippen molar-refractivity contribution in [2.45, 2.75) is 179 Å². The largest absolute Gasteiger partial charge is 0.493 e. The molecule has 0 aromatic heterocycles. The predicted molar refractivity (Wildman–Crippen MR) is 260 cm³/mol. The molecule has 2 aromatic carbocycles. The average molecular weight is 1010 g/mol. The van der Waals surface area contributed by atoms with Gasteiger partial charge in [-0.15, -0.1) is 0 Å². The van der Waals surface area contributed by atoms with Crippen LogP contribution in [0, 0.1) is 13.8 Å². The van der Waals surface area contributed by atoms with Crippen molar-refractivity contribution >= 4 is 22.7 Å². The van der Waals surface area contributed by atoms with Crippen LogP contribution in [-0.4, -0.2) is 196 Å². The number of aliphatic hydroxyl groups excluding tert-OH is 3.